The Morgan fingerprint density at radius 3 is 2.32 bits per heavy atom. The maximum Gasteiger partial charge on any atom is 0.305 e. The number of rotatable bonds is 7. The van der Waals surface area contributed by atoms with Gasteiger partial charge in [0.15, 0.2) is 9.84 Å². The number of carbonyl (C=O) groups is 2. The highest BCUT2D eigenvalue weighted by Crippen LogP contribution is 2.32. The second kappa shape index (κ2) is 6.36. The minimum Gasteiger partial charge on any atom is -0.481 e. The predicted octanol–water partition coefficient (Wildman–Crippen LogP) is 0.715. The molecule has 0 radical (unpaired) electrons. The normalized spacial score (nSPS) is 18.2. The number of aliphatic carboxylic acids is 1. The lowest BCUT2D eigenvalue weighted by Gasteiger charge is -2.28. The molecule has 1 aliphatic rings. The highest BCUT2D eigenvalue weighted by Gasteiger charge is 2.37. The van der Waals surface area contributed by atoms with Crippen LogP contribution in [0.15, 0.2) is 0 Å². The van der Waals surface area contributed by atoms with Crippen molar-refractivity contribution in [1.29, 1.82) is 0 Å². The second-order valence-electron chi connectivity index (χ2n) is 5.20. The average Bonchev–Trinajstić information content (AvgIpc) is 2.62. The third-order valence-corrected chi connectivity index (χ3v) is 5.05. The Bertz CT molecular complexity index is 437. The van der Waals surface area contributed by atoms with Gasteiger partial charge in [-0.2, -0.15) is 0 Å². The van der Waals surface area contributed by atoms with Gasteiger partial charge >= 0.3 is 5.97 Å². The molecule has 6 nitrogen and oxygen atoms in total. The molecule has 0 aromatic carbocycles. The Labute approximate surface area is 113 Å². The number of nitrogens with one attached hydrogen (secondary N) is 1. The molecule has 1 amide bonds. The molecule has 1 fully saturated rings. The highest BCUT2D eigenvalue weighted by molar-refractivity contribution is 7.92. The molecule has 0 saturated heterocycles. The summed E-state index contributed by atoms with van der Waals surface area (Å²) in [6.45, 7) is 1.73. The molecule has 0 bridgehead atoms. The first-order valence-corrected chi connectivity index (χ1v) is 8.34. The number of amides is 1. The Kier molecular flexibility index (Phi) is 5.34. The molecule has 2 N–H and O–H groups in total. The van der Waals surface area contributed by atoms with Crippen molar-refractivity contribution in [3.63, 3.8) is 0 Å². The third-order valence-electron chi connectivity index (χ3n) is 3.32. The van der Waals surface area contributed by atoms with Crippen LogP contribution < -0.4 is 5.32 Å². The topological polar surface area (TPSA) is 101 Å². The van der Waals surface area contributed by atoms with E-state index in [4.69, 9.17) is 5.11 Å². The Morgan fingerprint density at radius 2 is 1.84 bits per heavy atom. The number of carboxylic acid groups (broad SMARTS) is 1. The fourth-order valence-corrected chi connectivity index (χ4v) is 3.84. The molecule has 0 aromatic heterocycles. The maximum atomic E-state index is 11.8. The monoisotopic (exact) mass is 291 g/mol. The van der Waals surface area contributed by atoms with Crippen LogP contribution in [0.3, 0.4) is 0 Å². The molecule has 1 saturated carbocycles. The van der Waals surface area contributed by atoms with Crippen LogP contribution in [-0.2, 0) is 19.4 Å². The number of carboxylic acids is 1. The molecule has 1 aliphatic carbocycles. The molecule has 0 aliphatic heterocycles. The first kappa shape index (κ1) is 15.9. The number of hydrogen-bond donors (Lipinski definition) is 2. The summed E-state index contributed by atoms with van der Waals surface area (Å²) in [5, 5.41) is 11.5. The summed E-state index contributed by atoms with van der Waals surface area (Å²) in [5.41, 5.74) is -0.759. The fourth-order valence-electron chi connectivity index (χ4n) is 2.60. The van der Waals surface area contributed by atoms with Crippen molar-refractivity contribution < 1.29 is 23.1 Å². The fraction of sp³-hybridized carbons (Fsp3) is 0.833. The van der Waals surface area contributed by atoms with Crippen molar-refractivity contribution in [2.75, 3.05) is 11.5 Å². The largest absolute Gasteiger partial charge is 0.481 e. The number of sulfone groups is 1. The lowest BCUT2D eigenvalue weighted by molar-refractivity contribution is -0.139. The Hall–Kier alpha value is -1.11. The van der Waals surface area contributed by atoms with E-state index in [9.17, 15) is 18.0 Å². The average molecular weight is 291 g/mol. The smallest absolute Gasteiger partial charge is 0.305 e. The van der Waals surface area contributed by atoms with Gasteiger partial charge in [-0.1, -0.05) is 19.8 Å². The van der Waals surface area contributed by atoms with E-state index in [2.05, 4.69) is 5.32 Å². The van der Waals surface area contributed by atoms with Crippen LogP contribution in [0.1, 0.15) is 45.4 Å². The zero-order valence-corrected chi connectivity index (χ0v) is 12.0. The van der Waals surface area contributed by atoms with Gasteiger partial charge in [0.25, 0.3) is 0 Å². The molecule has 0 heterocycles. The van der Waals surface area contributed by atoms with Gasteiger partial charge in [0.2, 0.25) is 5.91 Å². The van der Waals surface area contributed by atoms with Gasteiger partial charge in [0.1, 0.15) is 5.75 Å². The summed E-state index contributed by atoms with van der Waals surface area (Å²) in [6.07, 6.45) is 3.23. The quantitative estimate of drug-likeness (QED) is 0.719. The van der Waals surface area contributed by atoms with Crippen molar-refractivity contribution in [2.24, 2.45) is 0 Å². The summed E-state index contributed by atoms with van der Waals surface area (Å²) in [4.78, 5) is 22.7. The molecular weight excluding hydrogens is 270 g/mol. The van der Waals surface area contributed by atoms with Crippen LogP contribution in [0, 0.1) is 0 Å². The van der Waals surface area contributed by atoms with Crippen LogP contribution in [0.5, 0.6) is 0 Å². The highest BCUT2D eigenvalue weighted by atomic mass is 32.2. The lowest BCUT2D eigenvalue weighted by atomic mass is 9.93. The molecule has 19 heavy (non-hydrogen) atoms. The molecule has 110 valence electrons. The van der Waals surface area contributed by atoms with Crippen molar-refractivity contribution in [2.45, 2.75) is 51.0 Å². The molecular formula is C12H21NO5S. The van der Waals surface area contributed by atoms with Crippen molar-refractivity contribution >= 4 is 21.7 Å². The lowest BCUT2D eigenvalue weighted by Crippen LogP contribution is -2.49. The van der Waals surface area contributed by atoms with Gasteiger partial charge in [0, 0.05) is 0 Å². The number of hydrogen-bond acceptors (Lipinski definition) is 4. The van der Waals surface area contributed by atoms with E-state index >= 15 is 0 Å². The van der Waals surface area contributed by atoms with Gasteiger partial charge in [-0.25, -0.2) is 8.42 Å². The van der Waals surface area contributed by atoms with E-state index in [0.717, 1.165) is 12.8 Å². The molecule has 0 atom stereocenters. The van der Waals surface area contributed by atoms with Gasteiger partial charge in [-0.15, -0.1) is 0 Å². The van der Waals surface area contributed by atoms with Crippen molar-refractivity contribution in [3.8, 4) is 0 Å². The second-order valence-corrected chi connectivity index (χ2v) is 7.38. The molecule has 1 rings (SSSR count). The van der Waals surface area contributed by atoms with E-state index < -0.39 is 33.0 Å². The zero-order chi connectivity index (χ0) is 14.5. The van der Waals surface area contributed by atoms with Crippen LogP contribution in [0.25, 0.3) is 0 Å². The summed E-state index contributed by atoms with van der Waals surface area (Å²) in [5.74, 6) is -2.13. The Balaban J connectivity index is 2.65. The van der Waals surface area contributed by atoms with Crippen LogP contribution in [0.2, 0.25) is 0 Å². The molecule has 0 unspecified atom stereocenters. The molecule has 0 spiro atoms. The van der Waals surface area contributed by atoms with E-state index in [1.807, 2.05) is 0 Å². The van der Waals surface area contributed by atoms with E-state index in [-0.39, 0.29) is 12.2 Å². The predicted molar refractivity (Wildman–Crippen MR) is 70.5 cm³/mol. The zero-order valence-electron chi connectivity index (χ0n) is 11.1. The summed E-state index contributed by atoms with van der Waals surface area (Å²) >= 11 is 0. The number of carbonyl (C=O) groups excluding carboxylic acids is 1. The van der Waals surface area contributed by atoms with Crippen LogP contribution in [-0.4, -0.2) is 42.4 Å². The maximum absolute atomic E-state index is 11.8. The molecule has 7 heteroatoms. The van der Waals surface area contributed by atoms with Crippen molar-refractivity contribution in [1.82, 2.24) is 5.32 Å². The molecule has 0 aromatic rings. The third kappa shape index (κ3) is 5.18. The van der Waals surface area contributed by atoms with E-state index in [1.54, 1.807) is 6.92 Å². The SMILES string of the molecule is CCCS(=O)(=O)CC(=O)NC1(CC(=O)O)CCCC1. The van der Waals surface area contributed by atoms with Crippen molar-refractivity contribution in [3.05, 3.63) is 0 Å². The summed E-state index contributed by atoms with van der Waals surface area (Å²) < 4.78 is 23.1. The van der Waals surface area contributed by atoms with Gasteiger partial charge in [0.05, 0.1) is 17.7 Å². The van der Waals surface area contributed by atoms with Crippen LogP contribution >= 0.6 is 0 Å². The minimum atomic E-state index is -3.39. The van der Waals surface area contributed by atoms with Crippen LogP contribution in [0.4, 0.5) is 0 Å². The van der Waals surface area contributed by atoms with Gasteiger partial charge < -0.3 is 10.4 Å². The van der Waals surface area contributed by atoms with Gasteiger partial charge in [-0.3, -0.25) is 9.59 Å². The Morgan fingerprint density at radius 1 is 1.26 bits per heavy atom. The summed E-state index contributed by atoms with van der Waals surface area (Å²) in [6, 6.07) is 0. The minimum absolute atomic E-state index is 0.0215. The van der Waals surface area contributed by atoms with Gasteiger partial charge in [-0.05, 0) is 19.3 Å². The standard InChI is InChI=1S/C12H21NO5S/c1-2-7-19(17,18)9-10(14)13-12(8-11(15)16)5-3-4-6-12/h2-9H2,1H3,(H,13,14)(H,15,16). The first-order chi connectivity index (χ1) is 8.79. The summed E-state index contributed by atoms with van der Waals surface area (Å²) in [7, 11) is -3.39. The van der Waals surface area contributed by atoms with E-state index in [1.165, 1.54) is 0 Å². The first-order valence-electron chi connectivity index (χ1n) is 6.52. The van der Waals surface area contributed by atoms with E-state index in [0.29, 0.717) is 19.3 Å².